The van der Waals surface area contributed by atoms with Crippen LogP contribution in [0.25, 0.3) is 0 Å². The second-order valence-corrected chi connectivity index (χ2v) is 5.51. The van der Waals surface area contributed by atoms with E-state index in [4.69, 9.17) is 5.11 Å². The number of rotatable bonds is 7. The van der Waals surface area contributed by atoms with Crippen molar-refractivity contribution in [3.8, 4) is 0 Å². The van der Waals surface area contributed by atoms with Crippen molar-refractivity contribution in [1.29, 1.82) is 0 Å². The van der Waals surface area contributed by atoms with Gasteiger partial charge in [0.1, 0.15) is 0 Å². The normalized spacial score (nSPS) is 19.7. The SMILES string of the molecule is CCC(CCO)NC(=O)CC1(C(=O)O)CCCCC1. The Balaban J connectivity index is 2.59. The molecule has 0 aliphatic heterocycles. The van der Waals surface area contributed by atoms with E-state index in [2.05, 4.69) is 5.32 Å². The number of hydrogen-bond acceptors (Lipinski definition) is 3. The summed E-state index contributed by atoms with van der Waals surface area (Å²) in [5.41, 5.74) is -0.875. The first kappa shape index (κ1) is 16.0. The molecule has 1 rings (SSSR count). The largest absolute Gasteiger partial charge is 0.481 e. The van der Waals surface area contributed by atoms with Crippen LogP contribution in [-0.2, 0) is 9.59 Å². The first-order valence-electron chi connectivity index (χ1n) is 7.17. The lowest BCUT2D eigenvalue weighted by Crippen LogP contribution is -2.42. The Bertz CT molecular complexity index is 311. The molecule has 1 atom stereocenters. The summed E-state index contributed by atoms with van der Waals surface area (Å²) in [6, 6.07) is -0.0630. The van der Waals surface area contributed by atoms with Gasteiger partial charge < -0.3 is 15.5 Å². The average Bonchev–Trinajstić information content (AvgIpc) is 2.39. The topological polar surface area (TPSA) is 86.6 Å². The van der Waals surface area contributed by atoms with Crippen LogP contribution in [0, 0.1) is 5.41 Å². The van der Waals surface area contributed by atoms with Crippen LogP contribution in [-0.4, -0.2) is 34.7 Å². The highest BCUT2D eigenvalue weighted by molar-refractivity contribution is 5.85. The highest BCUT2D eigenvalue weighted by atomic mass is 16.4. The maximum atomic E-state index is 12.0. The first-order valence-corrected chi connectivity index (χ1v) is 7.17. The van der Waals surface area contributed by atoms with Crippen molar-refractivity contribution in [2.24, 2.45) is 5.41 Å². The van der Waals surface area contributed by atoms with Gasteiger partial charge >= 0.3 is 5.97 Å². The van der Waals surface area contributed by atoms with Crippen molar-refractivity contribution in [2.45, 2.75) is 64.3 Å². The van der Waals surface area contributed by atoms with Crippen molar-refractivity contribution in [3.63, 3.8) is 0 Å². The zero-order valence-corrected chi connectivity index (χ0v) is 11.7. The van der Waals surface area contributed by atoms with E-state index in [1.807, 2.05) is 6.92 Å². The van der Waals surface area contributed by atoms with Gasteiger partial charge in [0.05, 0.1) is 5.41 Å². The zero-order valence-electron chi connectivity index (χ0n) is 11.7. The summed E-state index contributed by atoms with van der Waals surface area (Å²) in [6.45, 7) is 1.97. The van der Waals surface area contributed by atoms with Crippen molar-refractivity contribution < 1.29 is 19.8 Å². The lowest BCUT2D eigenvalue weighted by Gasteiger charge is -2.33. The number of aliphatic carboxylic acids is 1. The van der Waals surface area contributed by atoms with E-state index in [0.717, 1.165) is 25.7 Å². The monoisotopic (exact) mass is 271 g/mol. The molecular weight excluding hydrogens is 246 g/mol. The summed E-state index contributed by atoms with van der Waals surface area (Å²) in [4.78, 5) is 23.5. The van der Waals surface area contributed by atoms with E-state index >= 15 is 0 Å². The summed E-state index contributed by atoms with van der Waals surface area (Å²) in [6.07, 6.45) is 5.32. The van der Waals surface area contributed by atoms with E-state index in [1.54, 1.807) is 0 Å². The molecule has 1 unspecified atom stereocenters. The van der Waals surface area contributed by atoms with Gasteiger partial charge in [-0.15, -0.1) is 0 Å². The fraction of sp³-hybridized carbons (Fsp3) is 0.857. The van der Waals surface area contributed by atoms with Crippen LogP contribution >= 0.6 is 0 Å². The zero-order chi connectivity index (χ0) is 14.3. The number of aliphatic hydroxyl groups is 1. The van der Waals surface area contributed by atoms with Gasteiger partial charge in [0, 0.05) is 19.1 Å². The van der Waals surface area contributed by atoms with Gasteiger partial charge in [-0.3, -0.25) is 9.59 Å². The molecule has 3 N–H and O–H groups in total. The van der Waals surface area contributed by atoms with Crippen LogP contribution in [0.1, 0.15) is 58.3 Å². The molecule has 0 bridgehead atoms. The van der Waals surface area contributed by atoms with Crippen molar-refractivity contribution in [1.82, 2.24) is 5.32 Å². The van der Waals surface area contributed by atoms with E-state index in [9.17, 15) is 14.7 Å². The molecule has 1 fully saturated rings. The molecule has 0 heterocycles. The van der Waals surface area contributed by atoms with Gasteiger partial charge in [0.2, 0.25) is 5.91 Å². The van der Waals surface area contributed by atoms with Gasteiger partial charge in [-0.1, -0.05) is 26.2 Å². The molecule has 110 valence electrons. The van der Waals surface area contributed by atoms with Crippen molar-refractivity contribution >= 4 is 11.9 Å². The minimum absolute atomic E-state index is 0.0306. The minimum atomic E-state index is -0.875. The van der Waals surface area contributed by atoms with Crippen LogP contribution in [0.4, 0.5) is 0 Å². The molecule has 0 aromatic rings. The highest BCUT2D eigenvalue weighted by Gasteiger charge is 2.41. The molecule has 1 aliphatic carbocycles. The molecular formula is C14H25NO4. The van der Waals surface area contributed by atoms with Crippen LogP contribution in [0.15, 0.2) is 0 Å². The Morgan fingerprint density at radius 2 is 1.89 bits per heavy atom. The van der Waals surface area contributed by atoms with Crippen LogP contribution in [0.5, 0.6) is 0 Å². The maximum absolute atomic E-state index is 12.0. The minimum Gasteiger partial charge on any atom is -0.481 e. The summed E-state index contributed by atoms with van der Waals surface area (Å²) in [5, 5.41) is 21.1. The summed E-state index contributed by atoms with van der Waals surface area (Å²) < 4.78 is 0. The Kier molecular flexibility index (Phi) is 6.28. The Morgan fingerprint density at radius 3 is 2.37 bits per heavy atom. The summed E-state index contributed by atoms with van der Waals surface area (Å²) >= 11 is 0. The Hall–Kier alpha value is -1.10. The number of carbonyl (C=O) groups excluding carboxylic acids is 1. The molecule has 5 nitrogen and oxygen atoms in total. The smallest absolute Gasteiger partial charge is 0.310 e. The molecule has 5 heteroatoms. The molecule has 19 heavy (non-hydrogen) atoms. The van der Waals surface area contributed by atoms with Gasteiger partial charge in [0.25, 0.3) is 0 Å². The number of nitrogens with one attached hydrogen (secondary N) is 1. The number of amides is 1. The predicted molar refractivity (Wildman–Crippen MR) is 71.7 cm³/mol. The number of carboxylic acids is 1. The summed E-state index contributed by atoms with van der Waals surface area (Å²) in [7, 11) is 0. The van der Waals surface area contributed by atoms with Gasteiger partial charge in [-0.05, 0) is 25.7 Å². The van der Waals surface area contributed by atoms with E-state index < -0.39 is 11.4 Å². The third-order valence-corrected chi connectivity index (χ3v) is 4.10. The second-order valence-electron chi connectivity index (χ2n) is 5.51. The maximum Gasteiger partial charge on any atom is 0.310 e. The van der Waals surface area contributed by atoms with Gasteiger partial charge in [0.15, 0.2) is 0 Å². The number of aliphatic hydroxyl groups excluding tert-OH is 1. The highest BCUT2D eigenvalue weighted by Crippen LogP contribution is 2.39. The van der Waals surface area contributed by atoms with Gasteiger partial charge in [-0.2, -0.15) is 0 Å². The van der Waals surface area contributed by atoms with Crippen LogP contribution in [0.2, 0.25) is 0 Å². The predicted octanol–water partition coefficient (Wildman–Crippen LogP) is 1.69. The lowest BCUT2D eigenvalue weighted by atomic mass is 9.71. The molecule has 1 amide bonds. The fourth-order valence-electron chi connectivity index (χ4n) is 2.82. The second kappa shape index (κ2) is 7.48. The van der Waals surface area contributed by atoms with E-state index in [0.29, 0.717) is 19.3 Å². The number of hydrogen-bond donors (Lipinski definition) is 3. The quantitative estimate of drug-likeness (QED) is 0.657. The molecule has 0 aromatic heterocycles. The first-order chi connectivity index (χ1) is 9.04. The van der Waals surface area contributed by atoms with Crippen molar-refractivity contribution in [2.75, 3.05) is 6.61 Å². The van der Waals surface area contributed by atoms with Crippen LogP contribution < -0.4 is 5.32 Å². The number of carboxylic acid groups (broad SMARTS) is 1. The van der Waals surface area contributed by atoms with Crippen molar-refractivity contribution in [3.05, 3.63) is 0 Å². The standard InChI is InChI=1S/C14H25NO4/c1-2-11(6-9-16)15-12(17)10-14(13(18)19)7-4-3-5-8-14/h11,16H,2-10H2,1H3,(H,15,17)(H,18,19). The Morgan fingerprint density at radius 1 is 1.26 bits per heavy atom. The van der Waals surface area contributed by atoms with Crippen LogP contribution in [0.3, 0.4) is 0 Å². The molecule has 0 aromatic carbocycles. The molecule has 1 saturated carbocycles. The summed E-state index contributed by atoms with van der Waals surface area (Å²) in [5.74, 6) is -1.05. The molecule has 0 spiro atoms. The molecule has 1 aliphatic rings. The number of carbonyl (C=O) groups is 2. The average molecular weight is 271 g/mol. The molecule has 0 saturated heterocycles. The van der Waals surface area contributed by atoms with E-state index in [-0.39, 0.29) is 25.0 Å². The third kappa shape index (κ3) is 4.49. The molecule has 0 radical (unpaired) electrons. The fourth-order valence-corrected chi connectivity index (χ4v) is 2.82. The third-order valence-electron chi connectivity index (χ3n) is 4.10. The van der Waals surface area contributed by atoms with Gasteiger partial charge in [-0.25, -0.2) is 0 Å². The Labute approximate surface area is 114 Å². The lowest BCUT2D eigenvalue weighted by molar-refractivity contribution is -0.154. The van der Waals surface area contributed by atoms with E-state index in [1.165, 1.54) is 0 Å².